The summed E-state index contributed by atoms with van der Waals surface area (Å²) in [6.45, 7) is 0. The lowest BCUT2D eigenvalue weighted by atomic mass is 10.1. The van der Waals surface area contributed by atoms with Gasteiger partial charge in [-0.2, -0.15) is 0 Å². The van der Waals surface area contributed by atoms with Crippen molar-refractivity contribution in [2.45, 2.75) is 12.8 Å². The van der Waals surface area contributed by atoms with E-state index in [1.165, 1.54) is 11.0 Å². The van der Waals surface area contributed by atoms with Gasteiger partial charge in [0, 0.05) is 6.42 Å². The number of benzene rings is 2. The summed E-state index contributed by atoms with van der Waals surface area (Å²) < 4.78 is 6.78. The second-order valence-corrected chi connectivity index (χ2v) is 5.69. The molecule has 2 aromatic carbocycles. The minimum atomic E-state index is -0.137. The molecule has 0 saturated carbocycles. The number of hydrogen-bond donors (Lipinski definition) is 1. The average Bonchev–Trinajstić information content (AvgIpc) is 3.16. The number of tetrazole rings is 1. The minimum absolute atomic E-state index is 0.137. The summed E-state index contributed by atoms with van der Waals surface area (Å²) in [6.07, 6.45) is 2.35. The quantitative estimate of drug-likeness (QED) is 0.733. The van der Waals surface area contributed by atoms with Crippen LogP contribution >= 0.6 is 11.6 Å². The molecule has 0 bridgehead atoms. The van der Waals surface area contributed by atoms with Gasteiger partial charge >= 0.3 is 0 Å². The number of para-hydroxylation sites is 1. The van der Waals surface area contributed by atoms with Crippen LogP contribution in [-0.4, -0.2) is 33.2 Å². The Hall–Kier alpha value is -2.93. The van der Waals surface area contributed by atoms with E-state index in [9.17, 15) is 4.79 Å². The van der Waals surface area contributed by atoms with E-state index in [4.69, 9.17) is 16.3 Å². The van der Waals surface area contributed by atoms with Crippen molar-refractivity contribution in [1.82, 2.24) is 20.2 Å². The van der Waals surface area contributed by atoms with Crippen molar-refractivity contribution in [3.8, 4) is 11.4 Å². The molecule has 25 heavy (non-hydrogen) atoms. The second-order valence-electron chi connectivity index (χ2n) is 5.28. The summed E-state index contributed by atoms with van der Waals surface area (Å²) in [7, 11) is 1.61. The van der Waals surface area contributed by atoms with Crippen molar-refractivity contribution in [1.29, 1.82) is 0 Å². The van der Waals surface area contributed by atoms with Gasteiger partial charge in [-0.3, -0.25) is 4.79 Å². The number of nitrogens with one attached hydrogen (secondary N) is 1. The molecule has 3 rings (SSSR count). The average molecular weight is 358 g/mol. The molecule has 0 aliphatic rings. The number of halogens is 1. The van der Waals surface area contributed by atoms with Crippen molar-refractivity contribution in [3.63, 3.8) is 0 Å². The van der Waals surface area contributed by atoms with Crippen LogP contribution in [0.1, 0.15) is 12.0 Å². The number of ether oxygens (including phenoxy) is 1. The van der Waals surface area contributed by atoms with Gasteiger partial charge in [-0.05, 0) is 46.7 Å². The van der Waals surface area contributed by atoms with Crippen LogP contribution in [0.4, 0.5) is 5.69 Å². The maximum atomic E-state index is 12.3. The molecule has 0 spiro atoms. The third-order valence-corrected chi connectivity index (χ3v) is 3.98. The van der Waals surface area contributed by atoms with E-state index in [0.717, 1.165) is 11.3 Å². The number of carbonyl (C=O) groups is 1. The highest BCUT2D eigenvalue weighted by Crippen LogP contribution is 2.25. The van der Waals surface area contributed by atoms with Crippen molar-refractivity contribution in [2.24, 2.45) is 0 Å². The Balaban J connectivity index is 1.67. The van der Waals surface area contributed by atoms with Crippen LogP contribution in [0, 0.1) is 0 Å². The highest BCUT2D eigenvalue weighted by atomic mass is 35.5. The number of methoxy groups -OCH3 is 1. The highest BCUT2D eigenvalue weighted by Gasteiger charge is 2.10. The molecule has 0 aliphatic heterocycles. The van der Waals surface area contributed by atoms with Gasteiger partial charge in [0.25, 0.3) is 0 Å². The van der Waals surface area contributed by atoms with Crippen molar-refractivity contribution in [2.75, 3.05) is 12.4 Å². The molecule has 0 fully saturated rings. The topological polar surface area (TPSA) is 81.9 Å². The van der Waals surface area contributed by atoms with Gasteiger partial charge in [-0.25, -0.2) is 4.68 Å². The van der Waals surface area contributed by atoms with Gasteiger partial charge in [-0.1, -0.05) is 29.8 Å². The van der Waals surface area contributed by atoms with Gasteiger partial charge in [0.1, 0.15) is 12.1 Å². The maximum absolute atomic E-state index is 12.3. The lowest BCUT2D eigenvalue weighted by Crippen LogP contribution is -2.13. The Bertz CT molecular complexity index is 867. The van der Waals surface area contributed by atoms with Crippen LogP contribution in [-0.2, 0) is 11.2 Å². The maximum Gasteiger partial charge on any atom is 0.224 e. The number of hydrogen-bond acceptors (Lipinski definition) is 5. The molecule has 0 unspecified atom stereocenters. The number of aryl methyl sites for hydroxylation is 1. The summed E-state index contributed by atoms with van der Waals surface area (Å²) in [5.74, 6) is 0.635. The Morgan fingerprint density at radius 3 is 2.88 bits per heavy atom. The number of rotatable bonds is 6. The van der Waals surface area contributed by atoms with Crippen molar-refractivity contribution in [3.05, 3.63) is 59.4 Å². The van der Waals surface area contributed by atoms with Crippen molar-refractivity contribution >= 4 is 23.2 Å². The third kappa shape index (κ3) is 4.13. The molecule has 128 valence electrons. The van der Waals surface area contributed by atoms with Gasteiger partial charge in [0.15, 0.2) is 0 Å². The summed E-state index contributed by atoms with van der Waals surface area (Å²) in [4.78, 5) is 12.3. The first-order valence-electron chi connectivity index (χ1n) is 7.62. The Kier molecular flexibility index (Phi) is 5.25. The lowest BCUT2D eigenvalue weighted by molar-refractivity contribution is -0.116. The Labute approximate surface area is 149 Å². The van der Waals surface area contributed by atoms with E-state index in [2.05, 4.69) is 20.8 Å². The molecule has 1 amide bonds. The SMILES string of the molecule is COc1ccccc1CCC(=O)Nc1cc(-n2cnnn2)ccc1Cl. The van der Waals surface area contributed by atoms with Crippen LogP contribution in [0.3, 0.4) is 0 Å². The van der Waals surface area contributed by atoms with Crippen LogP contribution in [0.5, 0.6) is 5.75 Å². The molecule has 0 radical (unpaired) electrons. The third-order valence-electron chi connectivity index (χ3n) is 3.65. The van der Waals surface area contributed by atoms with Gasteiger partial charge in [-0.15, -0.1) is 5.10 Å². The van der Waals surface area contributed by atoms with Crippen LogP contribution in [0.15, 0.2) is 48.8 Å². The Morgan fingerprint density at radius 2 is 2.12 bits per heavy atom. The summed E-state index contributed by atoms with van der Waals surface area (Å²) in [5.41, 5.74) is 2.20. The van der Waals surface area contributed by atoms with E-state index in [1.54, 1.807) is 25.3 Å². The molecular formula is C17H16ClN5O2. The molecular weight excluding hydrogens is 342 g/mol. The Morgan fingerprint density at radius 1 is 1.28 bits per heavy atom. The molecule has 0 aliphatic carbocycles. The van der Waals surface area contributed by atoms with Crippen molar-refractivity contribution < 1.29 is 9.53 Å². The number of anilines is 1. The molecule has 7 nitrogen and oxygen atoms in total. The first kappa shape index (κ1) is 16.9. The zero-order valence-corrected chi connectivity index (χ0v) is 14.3. The largest absolute Gasteiger partial charge is 0.496 e. The minimum Gasteiger partial charge on any atom is -0.496 e. The van der Waals surface area contributed by atoms with Crippen LogP contribution < -0.4 is 10.1 Å². The predicted molar refractivity (Wildman–Crippen MR) is 94.1 cm³/mol. The van der Waals surface area contributed by atoms with Crippen LogP contribution in [0.2, 0.25) is 5.02 Å². The molecule has 0 saturated heterocycles. The van der Waals surface area contributed by atoms with E-state index in [0.29, 0.717) is 29.2 Å². The lowest BCUT2D eigenvalue weighted by Gasteiger charge is -2.10. The molecule has 1 N–H and O–H groups in total. The summed E-state index contributed by atoms with van der Waals surface area (Å²) in [6, 6.07) is 12.8. The standard InChI is InChI=1S/C17H16ClN5O2/c1-25-16-5-3-2-4-12(16)6-9-17(24)20-15-10-13(7-8-14(15)18)23-11-19-21-22-23/h2-5,7-8,10-11H,6,9H2,1H3,(H,20,24). The van der Waals surface area contributed by atoms with E-state index < -0.39 is 0 Å². The number of nitrogens with zero attached hydrogens (tertiary/aromatic N) is 4. The van der Waals surface area contributed by atoms with E-state index in [1.807, 2.05) is 24.3 Å². The molecule has 0 atom stereocenters. The fourth-order valence-electron chi connectivity index (χ4n) is 2.40. The highest BCUT2D eigenvalue weighted by molar-refractivity contribution is 6.33. The summed E-state index contributed by atoms with van der Waals surface area (Å²) in [5, 5.41) is 14.3. The molecule has 8 heteroatoms. The molecule has 3 aromatic rings. The summed E-state index contributed by atoms with van der Waals surface area (Å²) >= 11 is 6.17. The van der Waals surface area contributed by atoms with E-state index in [-0.39, 0.29) is 5.91 Å². The number of amides is 1. The van der Waals surface area contributed by atoms with Gasteiger partial charge in [0.05, 0.1) is 23.5 Å². The number of carbonyl (C=O) groups excluding carboxylic acids is 1. The first-order chi connectivity index (χ1) is 12.2. The van der Waals surface area contributed by atoms with Gasteiger partial charge < -0.3 is 10.1 Å². The number of aromatic nitrogens is 4. The molecule has 1 aromatic heterocycles. The smallest absolute Gasteiger partial charge is 0.224 e. The molecule has 1 heterocycles. The zero-order chi connectivity index (χ0) is 17.6. The van der Waals surface area contributed by atoms with Gasteiger partial charge in [0.2, 0.25) is 5.91 Å². The monoisotopic (exact) mass is 357 g/mol. The second kappa shape index (κ2) is 7.76. The normalized spacial score (nSPS) is 10.5. The predicted octanol–water partition coefficient (Wildman–Crippen LogP) is 2.90. The zero-order valence-electron chi connectivity index (χ0n) is 13.5. The fraction of sp³-hybridized carbons (Fsp3) is 0.176. The fourth-order valence-corrected chi connectivity index (χ4v) is 2.57. The first-order valence-corrected chi connectivity index (χ1v) is 8.00. The van der Waals surface area contributed by atoms with Crippen LogP contribution in [0.25, 0.3) is 5.69 Å². The van der Waals surface area contributed by atoms with E-state index >= 15 is 0 Å².